The molecule has 0 saturated heterocycles. The number of para-hydroxylation sites is 1. The molecule has 1 aromatic carbocycles. The molecule has 0 atom stereocenters. The number of ether oxygens (including phenoxy) is 3. The van der Waals surface area contributed by atoms with Gasteiger partial charge in [0.2, 0.25) is 5.88 Å². The molecule has 1 fully saturated rings. The van der Waals surface area contributed by atoms with E-state index in [2.05, 4.69) is 25.6 Å². The average molecular weight is 502 g/mol. The predicted molar refractivity (Wildman–Crippen MR) is 131 cm³/mol. The summed E-state index contributed by atoms with van der Waals surface area (Å²) in [7, 11) is 1.51. The topological polar surface area (TPSA) is 128 Å². The molecular weight excluding hydrogens is 474 g/mol. The molecule has 5 rings (SSSR count). The van der Waals surface area contributed by atoms with Crippen molar-refractivity contribution in [1.29, 1.82) is 0 Å². The van der Waals surface area contributed by atoms with Crippen LogP contribution in [0.2, 0.25) is 0 Å². The number of rotatable bonds is 6. The minimum absolute atomic E-state index is 0. The zero-order chi connectivity index (χ0) is 23.5. The van der Waals surface area contributed by atoms with Crippen LogP contribution in [-0.4, -0.2) is 57.9 Å². The van der Waals surface area contributed by atoms with E-state index in [1.165, 1.54) is 13.3 Å². The molecule has 11 heteroatoms. The monoisotopic (exact) mass is 501 g/mol. The van der Waals surface area contributed by atoms with E-state index in [1.54, 1.807) is 24.4 Å². The summed E-state index contributed by atoms with van der Waals surface area (Å²) in [5.41, 5.74) is 1.05. The van der Waals surface area contributed by atoms with Gasteiger partial charge in [0.25, 0.3) is 5.91 Å². The van der Waals surface area contributed by atoms with E-state index in [9.17, 15) is 9.90 Å². The highest BCUT2D eigenvalue weighted by Crippen LogP contribution is 2.32. The van der Waals surface area contributed by atoms with Crippen LogP contribution in [0.1, 0.15) is 31.4 Å². The highest BCUT2D eigenvalue weighted by molar-refractivity contribution is 6.03. The summed E-state index contributed by atoms with van der Waals surface area (Å²) in [5.74, 6) is 1.30. The maximum Gasteiger partial charge on any atom is 0.256 e. The van der Waals surface area contributed by atoms with E-state index in [1.807, 2.05) is 6.07 Å². The van der Waals surface area contributed by atoms with Crippen LogP contribution in [0.15, 0.2) is 36.7 Å². The molecule has 0 spiro atoms. The van der Waals surface area contributed by atoms with E-state index in [-0.39, 0.29) is 18.4 Å². The minimum Gasteiger partial charge on any atom is -0.486 e. The number of amides is 1. The summed E-state index contributed by atoms with van der Waals surface area (Å²) >= 11 is 0. The molecule has 0 unspecified atom stereocenters. The first kappa shape index (κ1) is 24.9. The third-order valence-corrected chi connectivity index (χ3v) is 6.30. The highest BCUT2D eigenvalue weighted by Gasteiger charge is 2.40. The lowest BCUT2D eigenvalue weighted by Gasteiger charge is -2.35. The second-order valence-electron chi connectivity index (χ2n) is 8.55. The lowest BCUT2D eigenvalue weighted by molar-refractivity contribution is -0.137. The molecule has 3 heterocycles. The van der Waals surface area contributed by atoms with Crippen molar-refractivity contribution in [3.63, 3.8) is 0 Å². The Morgan fingerprint density at radius 3 is 2.71 bits per heavy atom. The first-order valence-electron chi connectivity index (χ1n) is 11.4. The molecule has 2 aliphatic rings. The van der Waals surface area contributed by atoms with E-state index in [0.29, 0.717) is 79.5 Å². The van der Waals surface area contributed by atoms with Crippen molar-refractivity contribution in [3.8, 4) is 17.4 Å². The van der Waals surface area contributed by atoms with Gasteiger partial charge in [0, 0.05) is 18.7 Å². The number of aromatic nitrogens is 3. The number of hydrogen-bond donors (Lipinski definition) is 3. The number of pyridine rings is 1. The SMILES string of the molecule is COc1cnc2cccc(NC(=O)[C@]3(O)CC[C@@H](NCc4cc5c(cn4)OCCO5)CC3)c2n1.Cl. The van der Waals surface area contributed by atoms with E-state index >= 15 is 0 Å². The number of hydrogen-bond acceptors (Lipinski definition) is 9. The van der Waals surface area contributed by atoms with Gasteiger partial charge in [-0.15, -0.1) is 12.4 Å². The number of nitrogens with one attached hydrogen (secondary N) is 2. The zero-order valence-electron chi connectivity index (χ0n) is 19.3. The van der Waals surface area contributed by atoms with Crippen LogP contribution in [0.4, 0.5) is 5.69 Å². The molecule has 2 aromatic heterocycles. The molecule has 1 amide bonds. The van der Waals surface area contributed by atoms with Gasteiger partial charge in [-0.1, -0.05) is 6.07 Å². The van der Waals surface area contributed by atoms with Gasteiger partial charge in [-0.3, -0.25) is 9.78 Å². The predicted octanol–water partition coefficient (Wildman–Crippen LogP) is 2.63. The van der Waals surface area contributed by atoms with Crippen LogP contribution in [-0.2, 0) is 11.3 Å². The third kappa shape index (κ3) is 5.39. The van der Waals surface area contributed by atoms with Gasteiger partial charge in [0.05, 0.1) is 36.4 Å². The zero-order valence-corrected chi connectivity index (χ0v) is 20.1. The number of methoxy groups -OCH3 is 1. The van der Waals surface area contributed by atoms with Crippen molar-refractivity contribution in [2.24, 2.45) is 0 Å². The Bertz CT molecular complexity index is 1200. The summed E-state index contributed by atoms with van der Waals surface area (Å²) in [6.07, 6.45) is 5.24. The number of benzene rings is 1. The second-order valence-corrected chi connectivity index (χ2v) is 8.55. The molecule has 1 aliphatic carbocycles. The van der Waals surface area contributed by atoms with Crippen molar-refractivity contribution in [2.75, 3.05) is 25.6 Å². The standard InChI is InChI=1S/C24H27N5O5.ClH/c1-32-21-14-27-17-3-2-4-18(22(17)29-21)28-23(30)24(31)7-5-15(6-8-24)25-12-16-11-19-20(13-26-16)34-10-9-33-19;/h2-4,11,13-15,25,31H,5-10,12H2,1H3,(H,28,30);1H/t15-,24+;. The number of anilines is 1. The maximum absolute atomic E-state index is 13.0. The molecule has 1 saturated carbocycles. The normalized spacial score (nSPS) is 21.1. The van der Waals surface area contributed by atoms with E-state index < -0.39 is 11.5 Å². The first-order chi connectivity index (χ1) is 16.5. The molecule has 3 N–H and O–H groups in total. The third-order valence-electron chi connectivity index (χ3n) is 6.30. The fourth-order valence-corrected chi connectivity index (χ4v) is 4.32. The molecular formula is C24H28ClN5O5. The van der Waals surface area contributed by atoms with Gasteiger partial charge >= 0.3 is 0 Å². The first-order valence-corrected chi connectivity index (χ1v) is 11.4. The quantitative estimate of drug-likeness (QED) is 0.467. The number of halogens is 1. The summed E-state index contributed by atoms with van der Waals surface area (Å²) in [4.78, 5) is 26.1. The van der Waals surface area contributed by atoms with Crippen LogP contribution in [0, 0.1) is 0 Å². The van der Waals surface area contributed by atoms with Gasteiger partial charge in [-0.25, -0.2) is 9.97 Å². The Kier molecular flexibility index (Phi) is 7.54. The number of fused-ring (bicyclic) bond motifs is 2. The average Bonchev–Trinajstić information content (AvgIpc) is 2.88. The fourth-order valence-electron chi connectivity index (χ4n) is 4.32. The fraction of sp³-hybridized carbons (Fsp3) is 0.417. The summed E-state index contributed by atoms with van der Waals surface area (Å²) in [6.45, 7) is 1.64. The van der Waals surface area contributed by atoms with Gasteiger partial charge in [-0.05, 0) is 37.8 Å². The van der Waals surface area contributed by atoms with Crippen molar-refractivity contribution in [1.82, 2.24) is 20.3 Å². The van der Waals surface area contributed by atoms with Crippen molar-refractivity contribution in [2.45, 2.75) is 43.9 Å². The number of nitrogens with zero attached hydrogens (tertiary/aromatic N) is 3. The minimum atomic E-state index is -1.44. The van der Waals surface area contributed by atoms with Gasteiger partial charge < -0.3 is 30.0 Å². The summed E-state index contributed by atoms with van der Waals surface area (Å²) in [5, 5.41) is 17.4. The second kappa shape index (κ2) is 10.6. The van der Waals surface area contributed by atoms with Crippen LogP contribution >= 0.6 is 12.4 Å². The van der Waals surface area contributed by atoms with E-state index in [4.69, 9.17) is 14.2 Å². The van der Waals surface area contributed by atoms with Crippen LogP contribution in [0.3, 0.4) is 0 Å². The van der Waals surface area contributed by atoms with E-state index in [0.717, 1.165) is 5.69 Å². The molecule has 186 valence electrons. The Labute approximate surface area is 208 Å². The number of carbonyl (C=O) groups excluding carboxylic acids is 1. The highest BCUT2D eigenvalue weighted by atomic mass is 35.5. The van der Waals surface area contributed by atoms with Crippen molar-refractivity contribution >= 4 is 35.0 Å². The lowest BCUT2D eigenvalue weighted by Crippen LogP contribution is -2.48. The molecule has 0 radical (unpaired) electrons. The number of carbonyl (C=O) groups is 1. The number of aliphatic hydroxyl groups is 1. The maximum atomic E-state index is 13.0. The Hall–Kier alpha value is -3.21. The summed E-state index contributed by atoms with van der Waals surface area (Å²) < 4.78 is 16.3. The van der Waals surface area contributed by atoms with Gasteiger partial charge in [-0.2, -0.15) is 0 Å². The van der Waals surface area contributed by atoms with Gasteiger partial charge in [0.1, 0.15) is 24.3 Å². The van der Waals surface area contributed by atoms with Crippen LogP contribution < -0.4 is 24.8 Å². The van der Waals surface area contributed by atoms with Crippen LogP contribution in [0.25, 0.3) is 11.0 Å². The largest absolute Gasteiger partial charge is 0.486 e. The Morgan fingerprint density at radius 2 is 1.94 bits per heavy atom. The summed E-state index contributed by atoms with van der Waals surface area (Å²) in [6, 6.07) is 7.40. The van der Waals surface area contributed by atoms with Crippen molar-refractivity contribution in [3.05, 3.63) is 42.4 Å². The van der Waals surface area contributed by atoms with Crippen LogP contribution in [0.5, 0.6) is 17.4 Å². The molecule has 3 aromatic rings. The molecule has 10 nitrogen and oxygen atoms in total. The molecule has 1 aliphatic heterocycles. The lowest BCUT2D eigenvalue weighted by atomic mass is 9.81. The molecule has 35 heavy (non-hydrogen) atoms. The molecule has 0 bridgehead atoms. The smallest absolute Gasteiger partial charge is 0.256 e. The Morgan fingerprint density at radius 1 is 1.17 bits per heavy atom. The van der Waals surface area contributed by atoms with Gasteiger partial charge in [0.15, 0.2) is 11.5 Å². The Balaban J connectivity index is 0.00000289. The van der Waals surface area contributed by atoms with Crippen molar-refractivity contribution < 1.29 is 24.1 Å².